The fraction of sp³-hybridized carbons (Fsp3) is 0.683. The summed E-state index contributed by atoms with van der Waals surface area (Å²) in [6, 6.07) is -0.568. The molecule has 3 aliphatic carbocycles. The van der Waals surface area contributed by atoms with Crippen molar-refractivity contribution in [2.45, 2.75) is 142 Å². The monoisotopic (exact) mass is 753 g/mol. The minimum Gasteiger partial charge on any atom is -0.508 e. The third-order valence-electron chi connectivity index (χ3n) is 12.5. The highest BCUT2D eigenvalue weighted by molar-refractivity contribution is 6.74. The standard InChI is InChI=1S/C41H60FN3O7Si/c1-13-15-17-49-34-26-22-45(39(3,4)5)21-25(26)31(42)24-19-23-20-27-32(44(9)10)35-30(38(43-51-35)50-18-16-14-2)37(48)41(27,52-53(11,12)40(6,7)8)36(47)28(23)33(46)29(24)34/h23,27,32,47H,13-22H2,1-12H3/t23-,27-,32-,41-/m0/s1. The van der Waals surface area contributed by atoms with E-state index in [-0.39, 0.29) is 57.6 Å². The van der Waals surface area contributed by atoms with Gasteiger partial charge in [-0.25, -0.2) is 4.39 Å². The van der Waals surface area contributed by atoms with Crippen LogP contribution >= 0.6 is 0 Å². The number of halogens is 1. The van der Waals surface area contributed by atoms with Crippen LogP contribution < -0.4 is 9.47 Å². The van der Waals surface area contributed by atoms with Gasteiger partial charge in [0, 0.05) is 46.8 Å². The number of aliphatic hydroxyl groups is 1. The molecule has 0 saturated carbocycles. The summed E-state index contributed by atoms with van der Waals surface area (Å²) in [5.41, 5.74) is -0.185. The predicted octanol–water partition coefficient (Wildman–Crippen LogP) is 8.73. The van der Waals surface area contributed by atoms with Gasteiger partial charge in [-0.1, -0.05) is 47.5 Å². The third-order valence-corrected chi connectivity index (χ3v) is 16.9. The molecule has 12 heteroatoms. The molecule has 2 aromatic rings. The number of aliphatic hydroxyl groups excluding tert-OH is 1. The van der Waals surface area contributed by atoms with Gasteiger partial charge < -0.3 is 23.5 Å². The van der Waals surface area contributed by atoms with Gasteiger partial charge in [-0.05, 0) is 89.8 Å². The molecule has 53 heavy (non-hydrogen) atoms. The SMILES string of the molecule is CCCCOc1noc2c1C(=O)[C@@]1(O[Si](C)(C)C(C)(C)C)C(O)=C3C(=O)c4c(c(F)c5c(c4OCCCC)CN(C(C)(C)C)C5)C[C@H]3C[C@H]1[C@@H]2N(C)C. The molecule has 2 heterocycles. The van der Waals surface area contributed by atoms with Crippen molar-refractivity contribution in [3.8, 4) is 11.6 Å². The maximum atomic E-state index is 16.9. The van der Waals surface area contributed by atoms with E-state index in [0.29, 0.717) is 54.5 Å². The first kappa shape index (κ1) is 39.6. The first-order valence-electron chi connectivity index (χ1n) is 19.5. The van der Waals surface area contributed by atoms with Crippen molar-refractivity contribution >= 4 is 19.9 Å². The molecule has 1 aliphatic heterocycles. The molecule has 0 saturated heterocycles. The zero-order chi connectivity index (χ0) is 39.0. The second kappa shape index (κ2) is 13.9. The summed E-state index contributed by atoms with van der Waals surface area (Å²) in [6.45, 7) is 22.3. The molecule has 4 atom stereocenters. The van der Waals surface area contributed by atoms with Gasteiger partial charge in [0.2, 0.25) is 5.78 Å². The molecule has 0 radical (unpaired) electrons. The molecule has 292 valence electrons. The molecule has 0 bridgehead atoms. The Morgan fingerprint density at radius 1 is 0.981 bits per heavy atom. The fourth-order valence-electron chi connectivity index (χ4n) is 8.45. The number of ether oxygens (including phenoxy) is 2. The summed E-state index contributed by atoms with van der Waals surface area (Å²) >= 11 is 0. The Morgan fingerprint density at radius 3 is 2.19 bits per heavy atom. The second-order valence-corrected chi connectivity index (χ2v) is 23.0. The van der Waals surface area contributed by atoms with E-state index >= 15 is 14.0 Å². The predicted molar refractivity (Wildman–Crippen MR) is 204 cm³/mol. The van der Waals surface area contributed by atoms with Crippen LogP contribution in [-0.4, -0.2) is 78.4 Å². The lowest BCUT2D eigenvalue weighted by atomic mass is 9.58. The van der Waals surface area contributed by atoms with E-state index in [1.54, 1.807) is 0 Å². The summed E-state index contributed by atoms with van der Waals surface area (Å²) < 4.78 is 42.7. The Kier molecular flexibility index (Phi) is 10.4. The molecule has 6 rings (SSSR count). The summed E-state index contributed by atoms with van der Waals surface area (Å²) in [7, 11) is 0.918. The lowest BCUT2D eigenvalue weighted by Crippen LogP contribution is -2.65. The van der Waals surface area contributed by atoms with E-state index in [2.05, 4.69) is 58.5 Å². The Balaban J connectivity index is 1.60. The molecular weight excluding hydrogens is 694 g/mol. The molecule has 1 N–H and O–H groups in total. The van der Waals surface area contributed by atoms with E-state index < -0.39 is 43.4 Å². The second-order valence-electron chi connectivity index (χ2n) is 18.3. The Bertz CT molecular complexity index is 1820. The number of carbonyl (C=O) groups excluding carboxylic acids is 2. The van der Waals surface area contributed by atoms with Gasteiger partial charge in [0.15, 0.2) is 25.5 Å². The van der Waals surface area contributed by atoms with E-state index in [0.717, 1.165) is 25.7 Å². The topological polar surface area (TPSA) is 115 Å². The molecule has 0 unspecified atom stereocenters. The van der Waals surface area contributed by atoms with Gasteiger partial charge in [-0.15, -0.1) is 0 Å². The highest BCUT2D eigenvalue weighted by Crippen LogP contribution is 2.60. The number of benzene rings is 1. The quantitative estimate of drug-likeness (QED) is 0.177. The number of unbranched alkanes of at least 4 members (excludes halogenated alkanes) is 2. The zero-order valence-corrected chi connectivity index (χ0v) is 34.9. The van der Waals surface area contributed by atoms with E-state index in [1.165, 1.54) is 0 Å². The number of allylic oxidation sites excluding steroid dienone is 1. The van der Waals surface area contributed by atoms with Crippen LogP contribution in [0.3, 0.4) is 0 Å². The molecular formula is C41H60FN3O7Si. The van der Waals surface area contributed by atoms with Crippen LogP contribution in [0.5, 0.6) is 11.6 Å². The number of hydrogen-bond acceptors (Lipinski definition) is 10. The Hall–Kier alpha value is -3.06. The lowest BCUT2D eigenvalue weighted by molar-refractivity contribution is -0.0481. The summed E-state index contributed by atoms with van der Waals surface area (Å²) in [6.07, 6.45) is 3.74. The van der Waals surface area contributed by atoms with Gasteiger partial charge in [-0.3, -0.25) is 19.4 Å². The molecule has 10 nitrogen and oxygen atoms in total. The van der Waals surface area contributed by atoms with E-state index in [9.17, 15) is 5.11 Å². The minimum atomic E-state index is -2.87. The number of fused-ring (bicyclic) bond motifs is 5. The van der Waals surface area contributed by atoms with Crippen molar-refractivity contribution in [2.75, 3.05) is 27.3 Å². The number of aromatic nitrogens is 1. The van der Waals surface area contributed by atoms with E-state index in [4.69, 9.17) is 18.4 Å². The fourth-order valence-corrected chi connectivity index (χ4v) is 9.90. The molecule has 4 aliphatic rings. The van der Waals surface area contributed by atoms with Crippen molar-refractivity contribution in [1.82, 2.24) is 15.0 Å². The largest absolute Gasteiger partial charge is 0.508 e. The van der Waals surface area contributed by atoms with Crippen LogP contribution in [0.25, 0.3) is 0 Å². The van der Waals surface area contributed by atoms with Crippen LogP contribution in [0.4, 0.5) is 4.39 Å². The molecule has 1 aromatic carbocycles. The highest BCUT2D eigenvalue weighted by Gasteiger charge is 2.67. The number of Topliss-reactive ketones (excluding diaryl/α,β-unsaturated/α-hetero) is 2. The van der Waals surface area contributed by atoms with Gasteiger partial charge in [0.25, 0.3) is 5.88 Å². The number of hydrogen-bond donors (Lipinski definition) is 1. The molecule has 1 aromatic heterocycles. The van der Waals surface area contributed by atoms with Gasteiger partial charge in [0.1, 0.15) is 22.9 Å². The van der Waals surface area contributed by atoms with Gasteiger partial charge in [0.05, 0.1) is 24.8 Å². The minimum absolute atomic E-state index is 0.0647. The summed E-state index contributed by atoms with van der Waals surface area (Å²) in [4.78, 5) is 34.7. The van der Waals surface area contributed by atoms with Crippen molar-refractivity contribution < 1.29 is 37.5 Å². The van der Waals surface area contributed by atoms with Crippen LogP contribution in [0.15, 0.2) is 15.9 Å². The van der Waals surface area contributed by atoms with E-state index in [1.807, 2.05) is 39.0 Å². The highest BCUT2D eigenvalue weighted by atomic mass is 28.4. The van der Waals surface area contributed by atoms with Crippen molar-refractivity contribution in [1.29, 1.82) is 0 Å². The third kappa shape index (κ3) is 6.29. The smallest absolute Gasteiger partial charge is 0.265 e. The summed E-state index contributed by atoms with van der Waals surface area (Å²) in [5, 5.41) is 16.8. The molecule has 0 spiro atoms. The Labute approximate surface area is 315 Å². The molecule has 0 amide bonds. The maximum Gasteiger partial charge on any atom is 0.265 e. The summed E-state index contributed by atoms with van der Waals surface area (Å²) in [5.74, 6) is -2.23. The maximum absolute atomic E-state index is 16.9. The number of carbonyl (C=O) groups is 2. The average molecular weight is 754 g/mol. The Morgan fingerprint density at radius 2 is 1.60 bits per heavy atom. The normalized spacial score (nSPS) is 24.6. The zero-order valence-electron chi connectivity index (χ0n) is 33.9. The number of rotatable bonds is 11. The van der Waals surface area contributed by atoms with Crippen LogP contribution in [-0.2, 0) is 23.9 Å². The number of nitrogens with zero attached hydrogens (tertiary/aromatic N) is 3. The lowest BCUT2D eigenvalue weighted by Gasteiger charge is -2.55. The average Bonchev–Trinajstić information content (AvgIpc) is 3.69. The number of ketones is 2. The van der Waals surface area contributed by atoms with Crippen LogP contribution in [0, 0.1) is 17.7 Å². The first-order chi connectivity index (χ1) is 24.7. The van der Waals surface area contributed by atoms with Crippen molar-refractivity contribution in [2.24, 2.45) is 11.8 Å². The van der Waals surface area contributed by atoms with Crippen LogP contribution in [0.2, 0.25) is 18.1 Å². The van der Waals surface area contributed by atoms with Gasteiger partial charge in [-0.2, -0.15) is 0 Å². The van der Waals surface area contributed by atoms with Crippen LogP contribution in [0.1, 0.15) is 137 Å². The molecule has 0 fully saturated rings. The van der Waals surface area contributed by atoms with Crippen molar-refractivity contribution in [3.63, 3.8) is 0 Å². The first-order valence-corrected chi connectivity index (χ1v) is 22.4. The van der Waals surface area contributed by atoms with Gasteiger partial charge >= 0.3 is 0 Å². The van der Waals surface area contributed by atoms with Crippen molar-refractivity contribution in [3.05, 3.63) is 50.7 Å².